The van der Waals surface area contributed by atoms with Crippen LogP contribution < -0.4 is 5.32 Å². The van der Waals surface area contributed by atoms with E-state index in [4.69, 9.17) is 0 Å². The molecular formula is C16H24N4O. The first kappa shape index (κ1) is 14.3. The standard InChI is InChI=1S/C16H24N4O/c1-3-17-13-6-7-15(18-9-13)16(21)20-11-14-5-4-8-19(14)10-12(20)2/h6-7,9,12,14,17H,3-5,8,10-11H2,1-2H3. The lowest BCUT2D eigenvalue weighted by Gasteiger charge is -2.42. The molecule has 2 unspecified atom stereocenters. The monoisotopic (exact) mass is 288 g/mol. The van der Waals surface area contributed by atoms with Gasteiger partial charge in [-0.25, -0.2) is 4.98 Å². The van der Waals surface area contributed by atoms with Gasteiger partial charge in [0, 0.05) is 31.7 Å². The zero-order valence-electron chi connectivity index (χ0n) is 12.9. The van der Waals surface area contributed by atoms with Gasteiger partial charge in [0.15, 0.2) is 0 Å². The third-order valence-corrected chi connectivity index (χ3v) is 4.56. The highest BCUT2D eigenvalue weighted by atomic mass is 16.2. The molecule has 3 rings (SSSR count). The van der Waals surface area contributed by atoms with Crippen molar-refractivity contribution >= 4 is 11.6 Å². The fourth-order valence-corrected chi connectivity index (χ4v) is 3.45. The minimum Gasteiger partial charge on any atom is -0.384 e. The largest absolute Gasteiger partial charge is 0.384 e. The Morgan fingerprint density at radius 3 is 3.00 bits per heavy atom. The van der Waals surface area contributed by atoms with E-state index in [1.165, 1.54) is 19.4 Å². The number of anilines is 1. The quantitative estimate of drug-likeness (QED) is 0.922. The molecule has 21 heavy (non-hydrogen) atoms. The summed E-state index contributed by atoms with van der Waals surface area (Å²) in [7, 11) is 0. The maximum atomic E-state index is 12.7. The van der Waals surface area contributed by atoms with Gasteiger partial charge in [0.05, 0.1) is 11.9 Å². The Labute approximate surface area is 126 Å². The molecule has 0 saturated carbocycles. The van der Waals surface area contributed by atoms with Crippen LogP contribution >= 0.6 is 0 Å². The smallest absolute Gasteiger partial charge is 0.272 e. The second-order valence-corrected chi connectivity index (χ2v) is 6.06. The minimum atomic E-state index is 0.0668. The SMILES string of the molecule is CCNc1ccc(C(=O)N2CC3CCCN3CC2C)nc1. The average molecular weight is 288 g/mol. The van der Waals surface area contributed by atoms with E-state index in [1.54, 1.807) is 6.20 Å². The molecule has 2 aliphatic rings. The van der Waals surface area contributed by atoms with E-state index in [1.807, 2.05) is 24.0 Å². The van der Waals surface area contributed by atoms with E-state index in [-0.39, 0.29) is 11.9 Å². The first-order chi connectivity index (χ1) is 10.2. The summed E-state index contributed by atoms with van der Waals surface area (Å²) in [6.45, 7) is 8.06. The second kappa shape index (κ2) is 6.02. The maximum absolute atomic E-state index is 12.7. The number of carbonyl (C=O) groups is 1. The van der Waals surface area contributed by atoms with Crippen LogP contribution in [-0.2, 0) is 0 Å². The van der Waals surface area contributed by atoms with Crippen molar-refractivity contribution in [2.24, 2.45) is 0 Å². The molecule has 1 aromatic heterocycles. The van der Waals surface area contributed by atoms with Crippen molar-refractivity contribution in [1.82, 2.24) is 14.8 Å². The van der Waals surface area contributed by atoms with Crippen LogP contribution in [0.3, 0.4) is 0 Å². The van der Waals surface area contributed by atoms with Gasteiger partial charge in [0.1, 0.15) is 5.69 Å². The van der Waals surface area contributed by atoms with Crippen molar-refractivity contribution in [1.29, 1.82) is 0 Å². The van der Waals surface area contributed by atoms with Crippen molar-refractivity contribution in [3.63, 3.8) is 0 Å². The number of aromatic nitrogens is 1. The summed E-state index contributed by atoms with van der Waals surface area (Å²) in [4.78, 5) is 21.5. The Morgan fingerprint density at radius 1 is 1.43 bits per heavy atom. The zero-order chi connectivity index (χ0) is 14.8. The molecule has 1 N–H and O–H groups in total. The van der Waals surface area contributed by atoms with Gasteiger partial charge in [0.25, 0.3) is 5.91 Å². The molecular weight excluding hydrogens is 264 g/mol. The molecule has 0 spiro atoms. The first-order valence-corrected chi connectivity index (χ1v) is 7.94. The van der Waals surface area contributed by atoms with E-state index >= 15 is 0 Å². The molecule has 0 aliphatic carbocycles. The Balaban J connectivity index is 1.71. The first-order valence-electron chi connectivity index (χ1n) is 7.94. The summed E-state index contributed by atoms with van der Waals surface area (Å²) in [5.41, 5.74) is 1.51. The Kier molecular flexibility index (Phi) is 4.10. The van der Waals surface area contributed by atoms with Crippen LogP contribution in [0.2, 0.25) is 0 Å². The molecule has 0 bridgehead atoms. The summed E-state index contributed by atoms with van der Waals surface area (Å²) >= 11 is 0. The highest BCUT2D eigenvalue weighted by molar-refractivity contribution is 5.92. The van der Waals surface area contributed by atoms with Crippen LogP contribution in [-0.4, -0.2) is 59.0 Å². The number of carbonyl (C=O) groups excluding carboxylic acids is 1. The van der Waals surface area contributed by atoms with Gasteiger partial charge < -0.3 is 10.2 Å². The van der Waals surface area contributed by atoms with Crippen LogP contribution in [0, 0.1) is 0 Å². The maximum Gasteiger partial charge on any atom is 0.272 e. The number of pyridine rings is 1. The van der Waals surface area contributed by atoms with Crippen LogP contribution in [0.1, 0.15) is 37.2 Å². The Morgan fingerprint density at radius 2 is 2.29 bits per heavy atom. The van der Waals surface area contributed by atoms with Crippen LogP contribution in [0.15, 0.2) is 18.3 Å². The fraction of sp³-hybridized carbons (Fsp3) is 0.625. The van der Waals surface area contributed by atoms with Gasteiger partial charge in [-0.15, -0.1) is 0 Å². The molecule has 2 saturated heterocycles. The highest BCUT2D eigenvalue weighted by Gasteiger charge is 2.36. The predicted octanol–water partition coefficient (Wildman–Crippen LogP) is 1.82. The summed E-state index contributed by atoms with van der Waals surface area (Å²) in [5, 5.41) is 3.20. The summed E-state index contributed by atoms with van der Waals surface area (Å²) in [6, 6.07) is 4.57. The van der Waals surface area contributed by atoms with Crippen molar-refractivity contribution < 1.29 is 4.79 Å². The lowest BCUT2D eigenvalue weighted by atomic mass is 10.1. The second-order valence-electron chi connectivity index (χ2n) is 6.06. The van der Waals surface area contributed by atoms with E-state index in [9.17, 15) is 4.79 Å². The van der Waals surface area contributed by atoms with Crippen LogP contribution in [0.25, 0.3) is 0 Å². The molecule has 0 radical (unpaired) electrons. The minimum absolute atomic E-state index is 0.0668. The topological polar surface area (TPSA) is 48.5 Å². The lowest BCUT2D eigenvalue weighted by Crippen LogP contribution is -2.56. The van der Waals surface area contributed by atoms with Gasteiger partial charge >= 0.3 is 0 Å². The molecule has 2 fully saturated rings. The normalized spacial score (nSPS) is 25.7. The number of amides is 1. The molecule has 2 atom stereocenters. The summed E-state index contributed by atoms with van der Waals surface area (Å²) < 4.78 is 0. The van der Waals surface area contributed by atoms with E-state index in [0.717, 1.165) is 25.3 Å². The zero-order valence-corrected chi connectivity index (χ0v) is 12.9. The van der Waals surface area contributed by atoms with Gasteiger partial charge in [0.2, 0.25) is 0 Å². The molecule has 5 heteroatoms. The van der Waals surface area contributed by atoms with Gasteiger partial charge in [-0.05, 0) is 45.4 Å². The third-order valence-electron chi connectivity index (χ3n) is 4.56. The van der Waals surface area contributed by atoms with Crippen LogP contribution in [0.4, 0.5) is 5.69 Å². The molecule has 1 aromatic rings. The van der Waals surface area contributed by atoms with Crippen molar-refractivity contribution in [2.45, 2.75) is 38.8 Å². The number of rotatable bonds is 3. The molecule has 2 aliphatic heterocycles. The molecule has 0 aromatic carbocycles. The van der Waals surface area contributed by atoms with E-state index in [2.05, 4.69) is 22.1 Å². The fourth-order valence-electron chi connectivity index (χ4n) is 3.45. The molecule has 5 nitrogen and oxygen atoms in total. The number of fused-ring (bicyclic) bond motifs is 1. The number of hydrogen-bond donors (Lipinski definition) is 1. The van der Waals surface area contributed by atoms with Gasteiger partial charge in [-0.2, -0.15) is 0 Å². The number of nitrogens with zero attached hydrogens (tertiary/aromatic N) is 3. The molecule has 1 amide bonds. The average Bonchev–Trinajstić information content (AvgIpc) is 2.94. The third kappa shape index (κ3) is 2.88. The van der Waals surface area contributed by atoms with Gasteiger partial charge in [-0.1, -0.05) is 0 Å². The highest BCUT2D eigenvalue weighted by Crippen LogP contribution is 2.25. The predicted molar refractivity (Wildman–Crippen MR) is 83.5 cm³/mol. The molecule has 3 heterocycles. The Bertz CT molecular complexity index is 502. The Hall–Kier alpha value is -1.62. The number of hydrogen-bond acceptors (Lipinski definition) is 4. The van der Waals surface area contributed by atoms with E-state index < -0.39 is 0 Å². The van der Waals surface area contributed by atoms with Crippen LogP contribution in [0.5, 0.6) is 0 Å². The van der Waals surface area contributed by atoms with Gasteiger partial charge in [-0.3, -0.25) is 9.69 Å². The van der Waals surface area contributed by atoms with E-state index in [0.29, 0.717) is 11.7 Å². The van der Waals surface area contributed by atoms with Crippen molar-refractivity contribution in [3.05, 3.63) is 24.0 Å². The van der Waals surface area contributed by atoms with Crippen molar-refractivity contribution in [2.75, 3.05) is 31.5 Å². The number of nitrogens with one attached hydrogen (secondary N) is 1. The summed E-state index contributed by atoms with van der Waals surface area (Å²) in [5.74, 6) is 0.0668. The molecule has 114 valence electrons. The lowest BCUT2D eigenvalue weighted by molar-refractivity contribution is 0.0390. The van der Waals surface area contributed by atoms with Crippen molar-refractivity contribution in [3.8, 4) is 0 Å². The number of piperazine rings is 1. The summed E-state index contributed by atoms with van der Waals surface area (Å²) in [6.07, 6.45) is 4.21.